The van der Waals surface area contributed by atoms with Gasteiger partial charge in [0.2, 0.25) is 0 Å². The van der Waals surface area contributed by atoms with E-state index in [-0.39, 0.29) is 0 Å². The Hall–Kier alpha value is -1.79. The van der Waals surface area contributed by atoms with E-state index in [1.807, 2.05) is 6.20 Å². The summed E-state index contributed by atoms with van der Waals surface area (Å²) in [6, 6.07) is 0. The third-order valence-electron chi connectivity index (χ3n) is 4.44. The summed E-state index contributed by atoms with van der Waals surface area (Å²) in [7, 11) is 0. The maximum atomic E-state index is 4.65. The number of hydrogen-bond acceptors (Lipinski definition) is 5. The minimum Gasteiger partial charge on any atom is -0.297 e. The van der Waals surface area contributed by atoms with Crippen molar-refractivity contribution in [2.24, 2.45) is 0 Å². The maximum Gasteiger partial charge on any atom is 0.194 e. The zero-order chi connectivity index (χ0) is 14.9. The van der Waals surface area contributed by atoms with Crippen molar-refractivity contribution in [3.8, 4) is 0 Å². The summed E-state index contributed by atoms with van der Waals surface area (Å²) < 4.78 is 2.23. The van der Waals surface area contributed by atoms with Crippen molar-refractivity contribution in [1.82, 2.24) is 24.3 Å². The number of rotatable bonds is 3. The van der Waals surface area contributed by atoms with Gasteiger partial charge >= 0.3 is 0 Å². The van der Waals surface area contributed by atoms with E-state index in [0.29, 0.717) is 5.92 Å². The number of aryl methyl sites for hydroxylation is 1. The molecule has 1 aliphatic heterocycles. The Bertz CT molecular complexity index is 763. The molecule has 114 valence electrons. The van der Waals surface area contributed by atoms with Gasteiger partial charge in [0.05, 0.1) is 17.1 Å². The van der Waals surface area contributed by atoms with Gasteiger partial charge in [-0.05, 0) is 26.3 Å². The van der Waals surface area contributed by atoms with Gasteiger partial charge in [0.15, 0.2) is 4.96 Å². The summed E-state index contributed by atoms with van der Waals surface area (Å²) in [6.45, 7) is 5.27. The zero-order valence-electron chi connectivity index (χ0n) is 12.6. The van der Waals surface area contributed by atoms with Crippen LogP contribution in [0.4, 0.5) is 0 Å². The number of thiazole rings is 1. The van der Waals surface area contributed by atoms with E-state index in [1.54, 1.807) is 23.7 Å². The van der Waals surface area contributed by atoms with Crippen molar-refractivity contribution >= 4 is 16.3 Å². The highest BCUT2D eigenvalue weighted by Gasteiger charge is 2.24. The van der Waals surface area contributed by atoms with Crippen LogP contribution >= 0.6 is 11.3 Å². The van der Waals surface area contributed by atoms with E-state index in [9.17, 15) is 0 Å². The van der Waals surface area contributed by atoms with Crippen LogP contribution in [-0.2, 0) is 6.54 Å². The minimum absolute atomic E-state index is 0.494. The fourth-order valence-electron chi connectivity index (χ4n) is 3.31. The Morgan fingerprint density at radius 2 is 2.32 bits per heavy atom. The quantitative estimate of drug-likeness (QED) is 0.746. The summed E-state index contributed by atoms with van der Waals surface area (Å²) in [5, 5.41) is 2.10. The van der Waals surface area contributed by atoms with Gasteiger partial charge < -0.3 is 0 Å². The fourth-order valence-corrected chi connectivity index (χ4v) is 4.08. The second-order valence-corrected chi connectivity index (χ2v) is 6.78. The molecule has 1 saturated heterocycles. The molecule has 1 unspecified atom stereocenters. The SMILES string of the molecule is Cc1nc2sccn2c1CN1CCCC(c2cnccn2)C1. The molecule has 22 heavy (non-hydrogen) atoms. The molecular formula is C16H19N5S. The van der Waals surface area contributed by atoms with Crippen LogP contribution in [0.1, 0.15) is 35.8 Å². The minimum atomic E-state index is 0.494. The van der Waals surface area contributed by atoms with Gasteiger partial charge in [0.25, 0.3) is 0 Å². The number of hydrogen-bond donors (Lipinski definition) is 0. The van der Waals surface area contributed by atoms with E-state index in [4.69, 9.17) is 0 Å². The largest absolute Gasteiger partial charge is 0.297 e. The zero-order valence-corrected chi connectivity index (χ0v) is 13.5. The molecule has 0 spiro atoms. The Labute approximate surface area is 133 Å². The highest BCUT2D eigenvalue weighted by atomic mass is 32.1. The Morgan fingerprint density at radius 3 is 3.18 bits per heavy atom. The number of fused-ring (bicyclic) bond motifs is 1. The van der Waals surface area contributed by atoms with Crippen molar-refractivity contribution in [3.05, 3.63) is 47.2 Å². The van der Waals surface area contributed by atoms with E-state index >= 15 is 0 Å². The van der Waals surface area contributed by atoms with E-state index in [2.05, 4.69) is 42.8 Å². The lowest BCUT2D eigenvalue weighted by Crippen LogP contribution is -2.34. The normalized spacial score (nSPS) is 19.8. The second-order valence-electron chi connectivity index (χ2n) is 5.90. The second kappa shape index (κ2) is 5.78. The molecule has 1 aliphatic rings. The van der Waals surface area contributed by atoms with Crippen LogP contribution in [0.15, 0.2) is 30.2 Å². The fraction of sp³-hybridized carbons (Fsp3) is 0.438. The number of nitrogens with zero attached hydrogens (tertiary/aromatic N) is 5. The molecule has 6 heteroatoms. The van der Waals surface area contributed by atoms with E-state index in [0.717, 1.165) is 36.0 Å². The first-order valence-electron chi connectivity index (χ1n) is 7.70. The number of likely N-dealkylation sites (tertiary alicyclic amines) is 1. The van der Waals surface area contributed by atoms with Gasteiger partial charge in [-0.1, -0.05) is 0 Å². The van der Waals surface area contributed by atoms with Crippen molar-refractivity contribution < 1.29 is 0 Å². The predicted octanol–water partition coefficient (Wildman–Crippen LogP) is 2.87. The molecule has 5 nitrogen and oxygen atoms in total. The van der Waals surface area contributed by atoms with Gasteiger partial charge in [0.1, 0.15) is 0 Å². The molecule has 0 N–H and O–H groups in total. The van der Waals surface area contributed by atoms with Gasteiger partial charge in [-0.15, -0.1) is 11.3 Å². The van der Waals surface area contributed by atoms with Crippen LogP contribution in [0.2, 0.25) is 0 Å². The molecule has 0 amide bonds. The lowest BCUT2D eigenvalue weighted by molar-refractivity contribution is 0.195. The molecule has 0 aliphatic carbocycles. The van der Waals surface area contributed by atoms with Crippen LogP contribution in [0, 0.1) is 6.92 Å². The van der Waals surface area contributed by atoms with Crippen molar-refractivity contribution in [2.75, 3.05) is 13.1 Å². The molecule has 0 bridgehead atoms. The van der Waals surface area contributed by atoms with Crippen molar-refractivity contribution in [1.29, 1.82) is 0 Å². The molecule has 3 aromatic rings. The van der Waals surface area contributed by atoms with Crippen LogP contribution < -0.4 is 0 Å². The number of piperidine rings is 1. The molecule has 1 fully saturated rings. The summed E-state index contributed by atoms with van der Waals surface area (Å²) in [4.78, 5) is 17.0. The molecule has 4 heterocycles. The summed E-state index contributed by atoms with van der Waals surface area (Å²) in [6.07, 6.45) is 9.99. The van der Waals surface area contributed by atoms with Crippen molar-refractivity contribution in [2.45, 2.75) is 32.2 Å². The lowest BCUT2D eigenvalue weighted by atomic mass is 9.95. The smallest absolute Gasteiger partial charge is 0.194 e. The Kier molecular flexibility index (Phi) is 3.63. The summed E-state index contributed by atoms with van der Waals surface area (Å²) >= 11 is 1.70. The Balaban J connectivity index is 1.53. The van der Waals surface area contributed by atoms with Crippen LogP contribution in [0.25, 0.3) is 4.96 Å². The maximum absolute atomic E-state index is 4.65. The van der Waals surface area contributed by atoms with Gasteiger partial charge in [0, 0.05) is 49.2 Å². The van der Waals surface area contributed by atoms with E-state index in [1.165, 1.54) is 18.5 Å². The summed E-state index contributed by atoms with van der Waals surface area (Å²) in [5.74, 6) is 0.494. The highest BCUT2D eigenvalue weighted by Crippen LogP contribution is 2.27. The predicted molar refractivity (Wildman–Crippen MR) is 87.1 cm³/mol. The van der Waals surface area contributed by atoms with Gasteiger partial charge in [-0.25, -0.2) is 4.98 Å². The number of imidazole rings is 1. The first kappa shape index (κ1) is 13.8. The third-order valence-corrected chi connectivity index (χ3v) is 5.20. The average Bonchev–Trinajstić information content (AvgIpc) is 3.11. The first-order chi connectivity index (χ1) is 10.8. The molecule has 4 rings (SSSR count). The standard InChI is InChI=1S/C16H19N5S/c1-12-15(21-7-8-22-16(21)19-12)11-20-6-2-3-13(10-20)14-9-17-4-5-18-14/h4-5,7-9,13H,2-3,6,10-11H2,1H3. The number of aromatic nitrogens is 4. The monoisotopic (exact) mass is 313 g/mol. The highest BCUT2D eigenvalue weighted by molar-refractivity contribution is 7.15. The molecule has 0 saturated carbocycles. The lowest BCUT2D eigenvalue weighted by Gasteiger charge is -2.32. The van der Waals surface area contributed by atoms with Gasteiger partial charge in [-0.3, -0.25) is 19.3 Å². The first-order valence-corrected chi connectivity index (χ1v) is 8.58. The van der Waals surface area contributed by atoms with Crippen LogP contribution in [0.5, 0.6) is 0 Å². The molecule has 0 aromatic carbocycles. The third kappa shape index (κ3) is 2.53. The van der Waals surface area contributed by atoms with E-state index < -0.39 is 0 Å². The van der Waals surface area contributed by atoms with Crippen LogP contribution in [0.3, 0.4) is 0 Å². The Morgan fingerprint density at radius 1 is 1.36 bits per heavy atom. The molecule has 1 atom stereocenters. The summed E-state index contributed by atoms with van der Waals surface area (Å²) in [5.41, 5.74) is 3.59. The molecule has 0 radical (unpaired) electrons. The average molecular weight is 313 g/mol. The van der Waals surface area contributed by atoms with Gasteiger partial charge in [-0.2, -0.15) is 0 Å². The molecule has 3 aromatic heterocycles. The molecular weight excluding hydrogens is 294 g/mol. The van der Waals surface area contributed by atoms with Crippen molar-refractivity contribution in [3.63, 3.8) is 0 Å². The topological polar surface area (TPSA) is 46.3 Å². The van der Waals surface area contributed by atoms with Crippen LogP contribution in [-0.4, -0.2) is 37.3 Å².